The summed E-state index contributed by atoms with van der Waals surface area (Å²) in [4.78, 5) is 0. The molecular formula is C16H10O. The second kappa shape index (κ2) is 8.47. The first-order valence-corrected chi connectivity index (χ1v) is 4.69. The Bertz CT molecular complexity index is 580. The van der Waals surface area contributed by atoms with Gasteiger partial charge in [0.05, 0.1) is 6.42 Å². The highest BCUT2D eigenvalue weighted by Gasteiger charge is 2.25. The first-order chi connectivity index (χ1) is 8.24. The molecule has 0 amide bonds. The van der Waals surface area contributed by atoms with E-state index in [1.807, 2.05) is 0 Å². The average molecular weight is 218 g/mol. The van der Waals surface area contributed by atoms with Crippen LogP contribution in [0.4, 0.5) is 0 Å². The number of rotatable bonds is 2. The van der Waals surface area contributed by atoms with Gasteiger partial charge in [-0.15, -0.1) is 18.8 Å². The third-order valence-electron chi connectivity index (χ3n) is 1.52. The summed E-state index contributed by atoms with van der Waals surface area (Å²) in [6.07, 6.45) is 12.9. The maximum atomic E-state index is 5.39. The van der Waals surface area contributed by atoms with Gasteiger partial charge in [0.25, 0.3) is 5.60 Å². The predicted molar refractivity (Wildman–Crippen MR) is 68.6 cm³/mol. The van der Waals surface area contributed by atoms with Crippen molar-refractivity contribution in [3.8, 4) is 72.2 Å². The average Bonchev–Trinajstić information content (AvgIpc) is 2.35. The molecule has 0 rings (SSSR count). The molecule has 0 N–H and O–H groups in total. The van der Waals surface area contributed by atoms with Crippen LogP contribution < -0.4 is 0 Å². The molecule has 17 heavy (non-hydrogen) atoms. The van der Waals surface area contributed by atoms with Crippen LogP contribution in [-0.2, 0) is 4.74 Å². The second-order valence-corrected chi connectivity index (χ2v) is 2.67. The standard InChI is InChI=1S/C16H10O/c1-5-9-11-12-14-16(8-4,13-7-3)17-15-10-6-2/h2,4H,14H2,1,3H3. The Hall–Kier alpha value is -2.84. The zero-order valence-corrected chi connectivity index (χ0v) is 9.77. The molecule has 1 atom stereocenters. The molecule has 0 aliphatic carbocycles. The molecule has 0 saturated heterocycles. The highest BCUT2D eigenvalue weighted by Crippen LogP contribution is 2.12. The van der Waals surface area contributed by atoms with Crippen LogP contribution in [-0.4, -0.2) is 5.60 Å². The maximum Gasteiger partial charge on any atom is 0.251 e. The Kier molecular flexibility index (Phi) is 7.05. The van der Waals surface area contributed by atoms with Gasteiger partial charge in [0, 0.05) is 5.92 Å². The third kappa shape index (κ3) is 5.57. The van der Waals surface area contributed by atoms with Crippen LogP contribution in [0.15, 0.2) is 0 Å². The summed E-state index contributed by atoms with van der Waals surface area (Å²) in [5.41, 5.74) is -1.15. The molecule has 0 spiro atoms. The van der Waals surface area contributed by atoms with Crippen molar-refractivity contribution >= 4 is 0 Å². The van der Waals surface area contributed by atoms with E-state index in [-0.39, 0.29) is 6.42 Å². The summed E-state index contributed by atoms with van der Waals surface area (Å²) in [6, 6.07) is 0. The molecule has 0 aromatic rings. The van der Waals surface area contributed by atoms with Crippen molar-refractivity contribution in [2.75, 3.05) is 0 Å². The number of hydrogen-bond donors (Lipinski definition) is 0. The minimum Gasteiger partial charge on any atom is -0.411 e. The lowest BCUT2D eigenvalue weighted by Gasteiger charge is -2.16. The van der Waals surface area contributed by atoms with Crippen LogP contribution in [0, 0.1) is 72.2 Å². The Balaban J connectivity index is 5.02. The van der Waals surface area contributed by atoms with Gasteiger partial charge in [0.2, 0.25) is 0 Å². The highest BCUT2D eigenvalue weighted by molar-refractivity contribution is 5.35. The first kappa shape index (κ1) is 14.2. The van der Waals surface area contributed by atoms with Gasteiger partial charge in [-0.05, 0) is 43.4 Å². The predicted octanol–water partition coefficient (Wildman–Crippen LogP) is 1.41. The maximum absolute atomic E-state index is 5.39. The quantitative estimate of drug-likeness (QED) is 0.637. The molecule has 0 aliphatic rings. The molecule has 0 aromatic heterocycles. The summed E-state index contributed by atoms with van der Waals surface area (Å²) in [5.74, 6) is 23.0. The van der Waals surface area contributed by atoms with E-state index in [4.69, 9.17) is 17.6 Å². The van der Waals surface area contributed by atoms with E-state index in [0.717, 1.165) is 0 Å². The van der Waals surface area contributed by atoms with E-state index in [0.29, 0.717) is 0 Å². The van der Waals surface area contributed by atoms with Gasteiger partial charge in [0.1, 0.15) is 6.11 Å². The lowest BCUT2D eigenvalue weighted by molar-refractivity contribution is 0.160. The largest absolute Gasteiger partial charge is 0.411 e. The lowest BCUT2D eigenvalue weighted by Crippen LogP contribution is -2.26. The van der Waals surface area contributed by atoms with Crippen molar-refractivity contribution in [1.29, 1.82) is 0 Å². The van der Waals surface area contributed by atoms with Crippen LogP contribution >= 0.6 is 0 Å². The zero-order valence-electron chi connectivity index (χ0n) is 9.77. The Morgan fingerprint density at radius 3 is 2.35 bits per heavy atom. The van der Waals surface area contributed by atoms with Crippen LogP contribution in [0.25, 0.3) is 0 Å². The molecule has 0 bridgehead atoms. The second-order valence-electron chi connectivity index (χ2n) is 2.67. The van der Waals surface area contributed by atoms with Gasteiger partial charge in [-0.25, -0.2) is 0 Å². The van der Waals surface area contributed by atoms with Gasteiger partial charge in [-0.1, -0.05) is 11.8 Å². The van der Waals surface area contributed by atoms with Gasteiger partial charge in [0.15, 0.2) is 0 Å². The first-order valence-electron chi connectivity index (χ1n) is 4.69. The van der Waals surface area contributed by atoms with Gasteiger partial charge in [-0.3, -0.25) is 0 Å². The smallest absolute Gasteiger partial charge is 0.251 e. The van der Waals surface area contributed by atoms with Crippen molar-refractivity contribution < 1.29 is 4.74 Å². The number of hydrogen-bond acceptors (Lipinski definition) is 1. The SMILES string of the molecule is C#CC#COC(C#C)(C#CC)CC#CC#CC. The summed E-state index contributed by atoms with van der Waals surface area (Å²) >= 11 is 0. The fourth-order valence-corrected chi connectivity index (χ4v) is 0.842. The summed E-state index contributed by atoms with van der Waals surface area (Å²) < 4.78 is 5.18. The molecule has 0 fully saturated rings. The molecule has 1 unspecified atom stereocenters. The summed E-state index contributed by atoms with van der Waals surface area (Å²) in [5, 5.41) is 0. The fraction of sp³-hybridized carbons (Fsp3) is 0.250. The summed E-state index contributed by atoms with van der Waals surface area (Å²) in [6.45, 7) is 3.35. The minimum atomic E-state index is -1.15. The number of ether oxygens (including phenoxy) is 1. The van der Waals surface area contributed by atoms with Crippen molar-refractivity contribution in [3.05, 3.63) is 0 Å². The Morgan fingerprint density at radius 1 is 1.06 bits per heavy atom. The van der Waals surface area contributed by atoms with Gasteiger partial charge in [-0.2, -0.15) is 0 Å². The lowest BCUT2D eigenvalue weighted by atomic mass is 10.0. The van der Waals surface area contributed by atoms with Crippen molar-refractivity contribution in [2.45, 2.75) is 25.9 Å². The molecule has 1 heteroatoms. The zero-order chi connectivity index (χ0) is 13.0. The van der Waals surface area contributed by atoms with Crippen molar-refractivity contribution in [2.24, 2.45) is 0 Å². The number of terminal acetylenes is 2. The van der Waals surface area contributed by atoms with Crippen molar-refractivity contribution in [1.82, 2.24) is 0 Å². The Labute approximate surface area is 103 Å². The van der Waals surface area contributed by atoms with E-state index in [2.05, 4.69) is 59.4 Å². The molecule has 0 radical (unpaired) electrons. The monoisotopic (exact) mass is 218 g/mol. The third-order valence-corrected chi connectivity index (χ3v) is 1.52. The fourth-order valence-electron chi connectivity index (χ4n) is 0.842. The van der Waals surface area contributed by atoms with Gasteiger partial charge >= 0.3 is 0 Å². The van der Waals surface area contributed by atoms with Crippen LogP contribution in [0.1, 0.15) is 20.3 Å². The molecule has 0 aromatic carbocycles. The van der Waals surface area contributed by atoms with Crippen LogP contribution in [0.5, 0.6) is 0 Å². The van der Waals surface area contributed by atoms with E-state index in [9.17, 15) is 0 Å². The van der Waals surface area contributed by atoms with Crippen LogP contribution in [0.3, 0.4) is 0 Å². The normalized spacial score (nSPS) is 9.65. The molecule has 0 saturated carbocycles. The topological polar surface area (TPSA) is 9.23 Å². The van der Waals surface area contributed by atoms with E-state index in [1.165, 1.54) is 0 Å². The molecule has 1 nitrogen and oxygen atoms in total. The van der Waals surface area contributed by atoms with Crippen LogP contribution in [0.2, 0.25) is 0 Å². The summed E-state index contributed by atoms with van der Waals surface area (Å²) in [7, 11) is 0. The van der Waals surface area contributed by atoms with Crippen molar-refractivity contribution in [3.63, 3.8) is 0 Å². The van der Waals surface area contributed by atoms with E-state index < -0.39 is 5.60 Å². The van der Waals surface area contributed by atoms with Gasteiger partial charge < -0.3 is 4.74 Å². The Morgan fingerprint density at radius 2 is 1.82 bits per heavy atom. The van der Waals surface area contributed by atoms with E-state index in [1.54, 1.807) is 13.8 Å². The molecular weight excluding hydrogens is 208 g/mol. The highest BCUT2D eigenvalue weighted by atomic mass is 16.5. The molecule has 80 valence electrons. The molecule has 0 heterocycles. The minimum absolute atomic E-state index is 0.221. The molecule has 0 aliphatic heterocycles. The van der Waals surface area contributed by atoms with E-state index >= 15 is 0 Å².